The Kier molecular flexibility index (Phi) is 4.35. The molecule has 4 heteroatoms. The lowest BCUT2D eigenvalue weighted by Crippen LogP contribution is -2.29. The predicted octanol–water partition coefficient (Wildman–Crippen LogP) is 2.94. The van der Waals surface area contributed by atoms with Crippen LogP contribution in [0.3, 0.4) is 0 Å². The van der Waals surface area contributed by atoms with Gasteiger partial charge in [-0.15, -0.1) is 0 Å². The molecule has 1 saturated heterocycles. The lowest BCUT2D eigenvalue weighted by atomic mass is 9.85. The zero-order valence-electron chi connectivity index (χ0n) is 9.93. The SMILES string of the molecule is N#CC(C(=O)C1CCCOC1)c1cccc(Cl)c1. The van der Waals surface area contributed by atoms with Gasteiger partial charge in [-0.25, -0.2) is 0 Å². The van der Waals surface area contributed by atoms with Crippen LogP contribution >= 0.6 is 11.6 Å². The summed E-state index contributed by atoms with van der Waals surface area (Å²) in [6.07, 6.45) is 1.68. The molecule has 2 atom stereocenters. The average molecular weight is 264 g/mol. The van der Waals surface area contributed by atoms with Crippen molar-refractivity contribution in [3.8, 4) is 6.07 Å². The third-order valence-electron chi connectivity index (χ3n) is 3.16. The van der Waals surface area contributed by atoms with Gasteiger partial charge in [0, 0.05) is 17.5 Å². The van der Waals surface area contributed by atoms with Crippen LogP contribution in [-0.2, 0) is 9.53 Å². The maximum atomic E-state index is 12.3. The smallest absolute Gasteiger partial charge is 0.159 e. The Morgan fingerprint density at radius 2 is 2.39 bits per heavy atom. The summed E-state index contributed by atoms with van der Waals surface area (Å²) in [4.78, 5) is 12.3. The van der Waals surface area contributed by atoms with E-state index in [-0.39, 0.29) is 11.7 Å². The van der Waals surface area contributed by atoms with E-state index in [2.05, 4.69) is 6.07 Å². The van der Waals surface area contributed by atoms with Gasteiger partial charge in [0.1, 0.15) is 5.92 Å². The van der Waals surface area contributed by atoms with Crippen molar-refractivity contribution in [2.45, 2.75) is 18.8 Å². The van der Waals surface area contributed by atoms with E-state index in [0.717, 1.165) is 12.8 Å². The number of ketones is 1. The van der Waals surface area contributed by atoms with Gasteiger partial charge in [-0.05, 0) is 30.5 Å². The first-order valence-corrected chi connectivity index (χ1v) is 6.36. The molecule has 3 nitrogen and oxygen atoms in total. The Morgan fingerprint density at radius 3 is 3.00 bits per heavy atom. The highest BCUT2D eigenvalue weighted by molar-refractivity contribution is 6.30. The molecule has 0 saturated carbocycles. The Labute approximate surface area is 111 Å². The molecule has 1 aromatic carbocycles. The normalized spacial score (nSPS) is 21.0. The third-order valence-corrected chi connectivity index (χ3v) is 3.39. The molecule has 1 aliphatic rings. The van der Waals surface area contributed by atoms with Gasteiger partial charge in [-0.1, -0.05) is 23.7 Å². The molecule has 2 unspecified atom stereocenters. The van der Waals surface area contributed by atoms with Gasteiger partial charge in [0.25, 0.3) is 0 Å². The first-order valence-electron chi connectivity index (χ1n) is 5.99. The van der Waals surface area contributed by atoms with Gasteiger partial charge >= 0.3 is 0 Å². The summed E-state index contributed by atoms with van der Waals surface area (Å²) in [5.74, 6) is -0.961. The van der Waals surface area contributed by atoms with Crippen LogP contribution in [0.5, 0.6) is 0 Å². The van der Waals surface area contributed by atoms with E-state index >= 15 is 0 Å². The second kappa shape index (κ2) is 5.99. The number of nitrogens with zero attached hydrogens (tertiary/aromatic N) is 1. The van der Waals surface area contributed by atoms with Crippen LogP contribution in [0.25, 0.3) is 0 Å². The summed E-state index contributed by atoms with van der Waals surface area (Å²) in [7, 11) is 0. The topological polar surface area (TPSA) is 50.1 Å². The molecule has 0 spiro atoms. The number of rotatable bonds is 3. The zero-order valence-corrected chi connectivity index (χ0v) is 10.7. The molecule has 1 fully saturated rings. The number of carbonyl (C=O) groups is 1. The number of hydrogen-bond acceptors (Lipinski definition) is 3. The van der Waals surface area contributed by atoms with Crippen molar-refractivity contribution in [1.29, 1.82) is 5.26 Å². The molecule has 94 valence electrons. The minimum atomic E-state index is -0.740. The standard InChI is InChI=1S/C14H14ClNO2/c15-12-5-1-3-10(7-12)13(8-16)14(17)11-4-2-6-18-9-11/h1,3,5,7,11,13H,2,4,6,9H2. The molecule has 1 aromatic rings. The summed E-state index contributed by atoms with van der Waals surface area (Å²) in [5.41, 5.74) is 0.667. The van der Waals surface area contributed by atoms with Crippen LogP contribution in [0.4, 0.5) is 0 Å². The van der Waals surface area contributed by atoms with Gasteiger partial charge in [-0.3, -0.25) is 4.79 Å². The fourth-order valence-corrected chi connectivity index (χ4v) is 2.39. The van der Waals surface area contributed by atoms with E-state index in [0.29, 0.717) is 23.8 Å². The monoisotopic (exact) mass is 263 g/mol. The van der Waals surface area contributed by atoms with Crippen molar-refractivity contribution in [3.05, 3.63) is 34.9 Å². The number of carbonyl (C=O) groups excluding carboxylic acids is 1. The van der Waals surface area contributed by atoms with Gasteiger partial charge in [0.2, 0.25) is 0 Å². The quantitative estimate of drug-likeness (QED) is 0.842. The number of halogens is 1. The lowest BCUT2D eigenvalue weighted by molar-refractivity contribution is -0.127. The Morgan fingerprint density at radius 1 is 1.56 bits per heavy atom. The maximum Gasteiger partial charge on any atom is 0.159 e. The highest BCUT2D eigenvalue weighted by Crippen LogP contribution is 2.26. The third kappa shape index (κ3) is 2.90. The summed E-state index contributed by atoms with van der Waals surface area (Å²) >= 11 is 5.89. The predicted molar refractivity (Wildman–Crippen MR) is 68.4 cm³/mol. The fourth-order valence-electron chi connectivity index (χ4n) is 2.19. The van der Waals surface area contributed by atoms with Crippen molar-refractivity contribution < 1.29 is 9.53 Å². The minimum Gasteiger partial charge on any atom is -0.381 e. The Hall–Kier alpha value is -1.37. The van der Waals surface area contributed by atoms with Crippen LogP contribution in [0.1, 0.15) is 24.3 Å². The fraction of sp³-hybridized carbons (Fsp3) is 0.429. The van der Waals surface area contributed by atoms with Gasteiger partial charge < -0.3 is 4.74 Å². The number of benzene rings is 1. The summed E-state index contributed by atoms with van der Waals surface area (Å²) < 4.78 is 5.30. The lowest BCUT2D eigenvalue weighted by Gasteiger charge is -2.22. The van der Waals surface area contributed by atoms with Crippen LogP contribution in [0.2, 0.25) is 5.02 Å². The molecule has 18 heavy (non-hydrogen) atoms. The first kappa shape index (κ1) is 13.1. The molecule has 0 bridgehead atoms. The number of ether oxygens (including phenoxy) is 1. The first-order chi connectivity index (χ1) is 8.72. The summed E-state index contributed by atoms with van der Waals surface area (Å²) in [6, 6.07) is 9.01. The van der Waals surface area contributed by atoms with Crippen LogP contribution < -0.4 is 0 Å². The van der Waals surface area contributed by atoms with Gasteiger partial charge in [0.05, 0.1) is 12.7 Å². The van der Waals surface area contributed by atoms with Crippen molar-refractivity contribution in [2.75, 3.05) is 13.2 Å². The molecular formula is C14H14ClNO2. The van der Waals surface area contributed by atoms with Crippen LogP contribution in [0.15, 0.2) is 24.3 Å². The van der Waals surface area contributed by atoms with Crippen molar-refractivity contribution in [2.24, 2.45) is 5.92 Å². The second-order valence-corrected chi connectivity index (χ2v) is 4.87. The van der Waals surface area contributed by atoms with Crippen molar-refractivity contribution in [3.63, 3.8) is 0 Å². The van der Waals surface area contributed by atoms with Crippen molar-refractivity contribution >= 4 is 17.4 Å². The Bertz CT molecular complexity index is 475. The van der Waals surface area contributed by atoms with E-state index in [9.17, 15) is 10.1 Å². The number of Topliss-reactive ketones (excluding diaryl/α,β-unsaturated/α-hetero) is 1. The van der Waals surface area contributed by atoms with Crippen LogP contribution in [0, 0.1) is 17.2 Å². The molecule has 0 aromatic heterocycles. The number of hydrogen-bond donors (Lipinski definition) is 0. The van der Waals surface area contributed by atoms with Crippen molar-refractivity contribution in [1.82, 2.24) is 0 Å². The molecule has 2 rings (SSSR count). The highest BCUT2D eigenvalue weighted by atomic mass is 35.5. The largest absolute Gasteiger partial charge is 0.381 e. The zero-order chi connectivity index (χ0) is 13.0. The minimum absolute atomic E-state index is 0.0560. The van der Waals surface area contributed by atoms with Gasteiger partial charge in [-0.2, -0.15) is 5.26 Å². The molecule has 0 radical (unpaired) electrons. The second-order valence-electron chi connectivity index (χ2n) is 4.43. The maximum absolute atomic E-state index is 12.3. The highest BCUT2D eigenvalue weighted by Gasteiger charge is 2.29. The Balaban J connectivity index is 2.18. The molecule has 1 heterocycles. The molecule has 0 N–H and O–H groups in total. The average Bonchev–Trinajstić information content (AvgIpc) is 2.40. The molecular weight excluding hydrogens is 250 g/mol. The van der Waals surface area contributed by atoms with E-state index < -0.39 is 5.92 Å². The summed E-state index contributed by atoms with van der Waals surface area (Å²) in [5, 5.41) is 9.76. The van der Waals surface area contributed by atoms with E-state index in [4.69, 9.17) is 16.3 Å². The van der Waals surface area contributed by atoms with E-state index in [1.165, 1.54) is 0 Å². The summed E-state index contributed by atoms with van der Waals surface area (Å²) in [6.45, 7) is 1.13. The molecule has 1 aliphatic heterocycles. The van der Waals surface area contributed by atoms with Gasteiger partial charge in [0.15, 0.2) is 5.78 Å². The molecule has 0 amide bonds. The van der Waals surface area contributed by atoms with Crippen LogP contribution in [-0.4, -0.2) is 19.0 Å². The van der Waals surface area contributed by atoms with E-state index in [1.54, 1.807) is 24.3 Å². The number of nitriles is 1. The molecule has 0 aliphatic carbocycles. The van der Waals surface area contributed by atoms with E-state index in [1.807, 2.05) is 0 Å².